The lowest BCUT2D eigenvalue weighted by Gasteiger charge is -2.32. The lowest BCUT2D eigenvalue weighted by atomic mass is 9.97. The lowest BCUT2D eigenvalue weighted by Crippen LogP contribution is -2.41. The number of piperidine rings is 1. The van der Waals surface area contributed by atoms with Gasteiger partial charge in [-0.3, -0.25) is 4.79 Å². The minimum atomic E-state index is -0.228. The second-order valence-corrected chi connectivity index (χ2v) is 5.47. The summed E-state index contributed by atoms with van der Waals surface area (Å²) in [4.78, 5) is 22.3. The zero-order valence-electron chi connectivity index (χ0n) is 10.9. The predicted octanol–water partition coefficient (Wildman–Crippen LogP) is 0.638. The van der Waals surface area contributed by atoms with Crippen molar-refractivity contribution in [2.24, 2.45) is 11.7 Å². The smallest absolute Gasteiger partial charge is 0.222 e. The molecule has 1 aromatic rings. The third kappa shape index (κ3) is 2.62. The number of nitrogen functional groups attached to an aromatic ring is 1. The van der Waals surface area contributed by atoms with Crippen molar-refractivity contribution in [3.8, 4) is 0 Å². The molecule has 1 atom stereocenters. The van der Waals surface area contributed by atoms with Gasteiger partial charge in [0.2, 0.25) is 5.91 Å². The second-order valence-electron chi connectivity index (χ2n) is 5.47. The summed E-state index contributed by atoms with van der Waals surface area (Å²) in [5, 5.41) is 0. The van der Waals surface area contributed by atoms with Crippen LogP contribution in [0.3, 0.4) is 0 Å². The predicted molar refractivity (Wildman–Crippen MR) is 72.6 cm³/mol. The molecule has 1 saturated heterocycles. The van der Waals surface area contributed by atoms with E-state index in [4.69, 9.17) is 11.5 Å². The van der Waals surface area contributed by atoms with Crippen LogP contribution >= 0.6 is 0 Å². The van der Waals surface area contributed by atoms with Gasteiger partial charge in [-0.1, -0.05) is 0 Å². The van der Waals surface area contributed by atoms with Crippen LogP contribution in [-0.4, -0.2) is 29.0 Å². The van der Waals surface area contributed by atoms with Gasteiger partial charge in [0.25, 0.3) is 0 Å². The zero-order chi connectivity index (χ0) is 13.4. The molecule has 0 bridgehead atoms. The van der Waals surface area contributed by atoms with Gasteiger partial charge in [-0.2, -0.15) is 0 Å². The second kappa shape index (κ2) is 4.68. The van der Waals surface area contributed by atoms with E-state index in [1.165, 1.54) is 0 Å². The van der Waals surface area contributed by atoms with E-state index in [0.29, 0.717) is 18.3 Å². The fourth-order valence-electron chi connectivity index (χ4n) is 2.58. The summed E-state index contributed by atoms with van der Waals surface area (Å²) in [6, 6.07) is 1.79. The van der Waals surface area contributed by atoms with E-state index in [2.05, 4.69) is 14.9 Å². The molecule has 2 fully saturated rings. The molecule has 0 radical (unpaired) electrons. The van der Waals surface area contributed by atoms with Crippen LogP contribution in [0.15, 0.2) is 6.07 Å². The third-order valence-corrected chi connectivity index (χ3v) is 3.84. The standard InChI is InChI=1S/C13H19N5O/c14-10-6-11(17-13(16-10)8-3-4-8)18-5-1-2-9(7-18)12(15)19/h6,8-9H,1-5,7H2,(H2,15,19)(H2,14,16,17). The summed E-state index contributed by atoms with van der Waals surface area (Å²) < 4.78 is 0. The molecule has 1 aliphatic carbocycles. The topological polar surface area (TPSA) is 98.1 Å². The van der Waals surface area contributed by atoms with Crippen LogP contribution < -0.4 is 16.4 Å². The number of nitrogens with zero attached hydrogens (tertiary/aromatic N) is 3. The van der Waals surface area contributed by atoms with Crippen molar-refractivity contribution in [1.29, 1.82) is 0 Å². The number of rotatable bonds is 3. The van der Waals surface area contributed by atoms with Gasteiger partial charge in [0.15, 0.2) is 0 Å². The molecule has 1 saturated carbocycles. The number of aromatic nitrogens is 2. The maximum absolute atomic E-state index is 11.3. The Hall–Kier alpha value is -1.85. The summed E-state index contributed by atoms with van der Waals surface area (Å²) in [6.45, 7) is 1.53. The van der Waals surface area contributed by atoms with Crippen LogP contribution in [0.25, 0.3) is 0 Å². The summed E-state index contributed by atoms with van der Waals surface area (Å²) >= 11 is 0. The van der Waals surface area contributed by atoms with Crippen LogP contribution in [0.2, 0.25) is 0 Å². The molecule has 1 aliphatic heterocycles. The molecule has 6 nitrogen and oxygen atoms in total. The number of anilines is 2. The van der Waals surface area contributed by atoms with Crippen LogP contribution in [0, 0.1) is 5.92 Å². The molecule has 1 unspecified atom stereocenters. The first-order valence-electron chi connectivity index (χ1n) is 6.82. The summed E-state index contributed by atoms with van der Waals surface area (Å²) in [5.41, 5.74) is 11.3. The Morgan fingerprint density at radius 2 is 2.11 bits per heavy atom. The maximum atomic E-state index is 11.3. The van der Waals surface area contributed by atoms with E-state index in [0.717, 1.165) is 43.9 Å². The largest absolute Gasteiger partial charge is 0.384 e. The van der Waals surface area contributed by atoms with Crippen molar-refractivity contribution < 1.29 is 4.79 Å². The average molecular weight is 261 g/mol. The van der Waals surface area contributed by atoms with Crippen molar-refractivity contribution in [2.45, 2.75) is 31.6 Å². The van der Waals surface area contributed by atoms with E-state index in [-0.39, 0.29) is 11.8 Å². The van der Waals surface area contributed by atoms with Gasteiger partial charge in [0.05, 0.1) is 5.92 Å². The van der Waals surface area contributed by atoms with Gasteiger partial charge in [-0.25, -0.2) is 9.97 Å². The fourth-order valence-corrected chi connectivity index (χ4v) is 2.58. The molecule has 6 heteroatoms. The number of hydrogen-bond acceptors (Lipinski definition) is 5. The lowest BCUT2D eigenvalue weighted by molar-refractivity contribution is -0.122. The van der Waals surface area contributed by atoms with Crippen molar-refractivity contribution in [2.75, 3.05) is 23.7 Å². The van der Waals surface area contributed by atoms with Crippen LogP contribution in [0.1, 0.15) is 37.4 Å². The summed E-state index contributed by atoms with van der Waals surface area (Å²) in [5.74, 6) is 2.34. The Bertz CT molecular complexity index is 500. The van der Waals surface area contributed by atoms with E-state index >= 15 is 0 Å². The Balaban J connectivity index is 1.82. The minimum Gasteiger partial charge on any atom is -0.384 e. The molecule has 0 spiro atoms. The maximum Gasteiger partial charge on any atom is 0.222 e. The zero-order valence-corrected chi connectivity index (χ0v) is 10.9. The highest BCUT2D eigenvalue weighted by molar-refractivity contribution is 5.77. The van der Waals surface area contributed by atoms with Gasteiger partial charge in [0, 0.05) is 25.1 Å². The van der Waals surface area contributed by atoms with Gasteiger partial charge in [-0.15, -0.1) is 0 Å². The van der Waals surface area contributed by atoms with Crippen molar-refractivity contribution in [3.05, 3.63) is 11.9 Å². The fraction of sp³-hybridized carbons (Fsp3) is 0.615. The van der Waals surface area contributed by atoms with Crippen molar-refractivity contribution >= 4 is 17.5 Å². The molecular weight excluding hydrogens is 242 g/mol. The molecule has 2 aliphatic rings. The normalized spacial score (nSPS) is 23.4. The molecule has 0 aromatic carbocycles. The van der Waals surface area contributed by atoms with Crippen molar-refractivity contribution in [1.82, 2.24) is 9.97 Å². The number of nitrogens with two attached hydrogens (primary N) is 2. The first kappa shape index (κ1) is 12.2. The first-order valence-corrected chi connectivity index (χ1v) is 6.82. The van der Waals surface area contributed by atoms with Gasteiger partial charge in [0.1, 0.15) is 17.5 Å². The van der Waals surface area contributed by atoms with E-state index in [9.17, 15) is 4.79 Å². The highest BCUT2D eigenvalue weighted by Gasteiger charge is 2.29. The minimum absolute atomic E-state index is 0.0886. The summed E-state index contributed by atoms with van der Waals surface area (Å²) in [6.07, 6.45) is 4.11. The molecule has 19 heavy (non-hydrogen) atoms. The van der Waals surface area contributed by atoms with Crippen LogP contribution in [0.5, 0.6) is 0 Å². The van der Waals surface area contributed by atoms with Gasteiger partial charge < -0.3 is 16.4 Å². The van der Waals surface area contributed by atoms with Crippen LogP contribution in [-0.2, 0) is 4.79 Å². The molecule has 1 amide bonds. The Kier molecular flexibility index (Phi) is 3.00. The molecule has 2 heterocycles. The average Bonchev–Trinajstić information content (AvgIpc) is 3.22. The quantitative estimate of drug-likeness (QED) is 0.832. The van der Waals surface area contributed by atoms with Crippen molar-refractivity contribution in [3.63, 3.8) is 0 Å². The SMILES string of the molecule is NC(=O)C1CCCN(c2cc(N)nc(C3CC3)n2)C1. The number of hydrogen-bond donors (Lipinski definition) is 2. The van der Waals surface area contributed by atoms with Gasteiger partial charge >= 0.3 is 0 Å². The molecular formula is C13H19N5O. The number of carbonyl (C=O) groups excluding carboxylic acids is 1. The molecule has 4 N–H and O–H groups in total. The van der Waals surface area contributed by atoms with E-state index < -0.39 is 0 Å². The van der Waals surface area contributed by atoms with Crippen LogP contribution in [0.4, 0.5) is 11.6 Å². The highest BCUT2D eigenvalue weighted by Crippen LogP contribution is 2.39. The first-order chi connectivity index (χ1) is 9.13. The molecule has 1 aromatic heterocycles. The number of amides is 1. The number of carbonyl (C=O) groups is 1. The van der Waals surface area contributed by atoms with E-state index in [1.54, 1.807) is 6.07 Å². The summed E-state index contributed by atoms with van der Waals surface area (Å²) in [7, 11) is 0. The molecule has 3 rings (SSSR count). The highest BCUT2D eigenvalue weighted by atomic mass is 16.1. The Morgan fingerprint density at radius 1 is 1.32 bits per heavy atom. The monoisotopic (exact) mass is 261 g/mol. The Morgan fingerprint density at radius 3 is 2.79 bits per heavy atom. The van der Waals surface area contributed by atoms with Gasteiger partial charge in [-0.05, 0) is 25.7 Å². The molecule has 102 valence electrons. The third-order valence-electron chi connectivity index (χ3n) is 3.84. The van der Waals surface area contributed by atoms with E-state index in [1.807, 2.05) is 0 Å². The number of primary amides is 1. The Labute approximate surface area is 112 Å².